The molecule has 1 aromatic heterocycles. The van der Waals surface area contributed by atoms with Crippen LogP contribution in [0.4, 0.5) is 0 Å². The molecule has 1 fully saturated rings. The Morgan fingerprint density at radius 2 is 1.89 bits per heavy atom. The summed E-state index contributed by atoms with van der Waals surface area (Å²) < 4.78 is 7.29. The third-order valence-electron chi connectivity index (χ3n) is 5.84. The molecule has 143 valence electrons. The van der Waals surface area contributed by atoms with Crippen LogP contribution < -0.4 is 10.3 Å². The minimum absolute atomic E-state index is 0.0135. The highest BCUT2D eigenvalue weighted by Crippen LogP contribution is 2.64. The second-order valence-electron chi connectivity index (χ2n) is 8.39. The molecule has 0 N–H and O–H groups in total. The number of Topliss-reactive ketones (excluding diaryl/α,β-unsaturated/α-hetero) is 1. The van der Waals surface area contributed by atoms with Gasteiger partial charge in [-0.25, -0.2) is 0 Å². The van der Waals surface area contributed by atoms with Crippen LogP contribution in [-0.2, 0) is 0 Å². The Morgan fingerprint density at radius 3 is 2.41 bits per heavy atom. The molecule has 0 saturated heterocycles. The van der Waals surface area contributed by atoms with Gasteiger partial charge in [0.05, 0.1) is 13.3 Å². The summed E-state index contributed by atoms with van der Waals surface area (Å²) in [6.45, 7) is 10.2. The molecule has 2 aromatic rings. The first-order valence-corrected chi connectivity index (χ1v) is 9.34. The summed E-state index contributed by atoms with van der Waals surface area (Å²) in [6.07, 6.45) is 3.93. The number of nitrogens with zero attached hydrogens (tertiary/aromatic N) is 1. The molecule has 2 atom stereocenters. The molecule has 0 spiro atoms. The maximum atomic E-state index is 12.9. The highest BCUT2D eigenvalue weighted by molar-refractivity contribution is 6.31. The highest BCUT2D eigenvalue weighted by atomic mass is 35.5. The predicted molar refractivity (Wildman–Crippen MR) is 109 cm³/mol. The van der Waals surface area contributed by atoms with Gasteiger partial charge < -0.3 is 9.30 Å². The smallest absolute Gasteiger partial charge is 0.251 e. The number of aromatic nitrogens is 1. The third-order valence-corrected chi connectivity index (χ3v) is 6.08. The van der Waals surface area contributed by atoms with Crippen molar-refractivity contribution in [1.82, 2.24) is 4.57 Å². The molecule has 2 unspecified atom stereocenters. The first-order chi connectivity index (χ1) is 12.5. The van der Waals surface area contributed by atoms with E-state index in [-0.39, 0.29) is 28.2 Å². The predicted octanol–water partition coefficient (Wildman–Crippen LogP) is 5.19. The van der Waals surface area contributed by atoms with E-state index in [0.29, 0.717) is 27.5 Å². The number of carbonyl (C=O) groups is 1. The van der Waals surface area contributed by atoms with Crippen LogP contribution in [-0.4, -0.2) is 17.5 Å². The van der Waals surface area contributed by atoms with Crippen LogP contribution in [0.5, 0.6) is 5.75 Å². The molecule has 1 aliphatic rings. The van der Waals surface area contributed by atoms with Gasteiger partial charge in [0.25, 0.3) is 5.56 Å². The first-order valence-electron chi connectivity index (χ1n) is 8.96. The average Bonchev–Trinajstić information content (AvgIpc) is 3.27. The minimum atomic E-state index is -0.130. The standard InChI is InChI=1S/C22H25ClNO3/c1-13(25)15-8-7-14(23)9-16(15)17-10-20(26)24(12-18(17)27-6)19-11-22(19,5)21(2,3)4/h7-12,19H,1-6H3. The summed E-state index contributed by atoms with van der Waals surface area (Å²) in [7, 11) is 1.56. The van der Waals surface area contributed by atoms with Crippen molar-refractivity contribution < 1.29 is 9.53 Å². The van der Waals surface area contributed by atoms with E-state index in [1.807, 2.05) is 0 Å². The zero-order valence-corrected chi connectivity index (χ0v) is 17.3. The summed E-state index contributed by atoms with van der Waals surface area (Å²) in [4.78, 5) is 25.0. The Morgan fingerprint density at radius 1 is 1.22 bits per heavy atom. The van der Waals surface area contributed by atoms with Crippen molar-refractivity contribution in [2.24, 2.45) is 10.8 Å². The molecule has 4 nitrogen and oxygen atoms in total. The molecule has 27 heavy (non-hydrogen) atoms. The molecule has 0 bridgehead atoms. The summed E-state index contributed by atoms with van der Waals surface area (Å²) in [5.41, 5.74) is 1.53. The Bertz CT molecular complexity index is 970. The van der Waals surface area contributed by atoms with Crippen LogP contribution in [0.1, 0.15) is 51.0 Å². The first kappa shape index (κ1) is 19.7. The Labute approximate surface area is 165 Å². The molecule has 1 aromatic carbocycles. The maximum Gasteiger partial charge on any atom is 0.251 e. The Balaban J connectivity index is 2.15. The molecular formula is C22H25ClNO3. The van der Waals surface area contributed by atoms with Crippen molar-refractivity contribution in [3.63, 3.8) is 0 Å². The zero-order chi connectivity index (χ0) is 20.1. The lowest BCUT2D eigenvalue weighted by Crippen LogP contribution is -2.26. The second kappa shape index (κ2) is 6.52. The van der Waals surface area contributed by atoms with E-state index in [0.717, 1.165) is 0 Å². The number of rotatable bonds is 4. The average molecular weight is 387 g/mol. The van der Waals surface area contributed by atoms with Crippen LogP contribution >= 0.6 is 11.6 Å². The minimum Gasteiger partial charge on any atom is -0.495 e. The lowest BCUT2D eigenvalue weighted by atomic mass is 9.78. The number of carbonyl (C=O) groups excluding carboxylic acids is 1. The van der Waals surface area contributed by atoms with E-state index in [1.54, 1.807) is 36.1 Å². The van der Waals surface area contributed by atoms with E-state index in [4.69, 9.17) is 16.3 Å². The van der Waals surface area contributed by atoms with Gasteiger partial charge in [0.2, 0.25) is 0 Å². The van der Waals surface area contributed by atoms with Gasteiger partial charge in [0.1, 0.15) is 5.75 Å². The number of methoxy groups -OCH3 is 1. The molecular weight excluding hydrogens is 362 g/mol. The summed E-state index contributed by atoms with van der Waals surface area (Å²) in [6, 6.07) is 6.59. The van der Waals surface area contributed by atoms with Gasteiger partial charge in [-0.05, 0) is 47.9 Å². The lowest BCUT2D eigenvalue weighted by Gasteiger charge is -2.28. The van der Waals surface area contributed by atoms with Crippen molar-refractivity contribution in [3.05, 3.63) is 57.8 Å². The van der Waals surface area contributed by atoms with Gasteiger partial charge in [-0.2, -0.15) is 0 Å². The fourth-order valence-electron chi connectivity index (χ4n) is 3.51. The molecule has 3 rings (SSSR count). The number of ether oxygens (including phenoxy) is 1. The molecule has 0 amide bonds. The van der Waals surface area contributed by atoms with Gasteiger partial charge in [-0.3, -0.25) is 9.59 Å². The van der Waals surface area contributed by atoms with E-state index >= 15 is 0 Å². The monoisotopic (exact) mass is 386 g/mol. The fraction of sp³-hybridized carbons (Fsp3) is 0.409. The Kier molecular flexibility index (Phi) is 4.75. The van der Waals surface area contributed by atoms with Crippen molar-refractivity contribution in [2.45, 2.75) is 40.7 Å². The van der Waals surface area contributed by atoms with Crippen LogP contribution in [0.25, 0.3) is 11.1 Å². The van der Waals surface area contributed by atoms with Crippen LogP contribution in [0.2, 0.25) is 5.02 Å². The van der Waals surface area contributed by atoms with Gasteiger partial charge in [0, 0.05) is 28.3 Å². The summed E-state index contributed by atoms with van der Waals surface area (Å²) >= 11 is 6.15. The van der Waals surface area contributed by atoms with Gasteiger partial charge in [-0.15, -0.1) is 0 Å². The number of ketones is 1. The van der Waals surface area contributed by atoms with Gasteiger partial charge in [-0.1, -0.05) is 39.3 Å². The third kappa shape index (κ3) is 3.31. The number of benzene rings is 1. The summed E-state index contributed by atoms with van der Waals surface area (Å²) in [5, 5.41) is 0.497. The lowest BCUT2D eigenvalue weighted by molar-refractivity contribution is 0.101. The van der Waals surface area contributed by atoms with E-state index in [2.05, 4.69) is 34.1 Å². The normalized spacial score (nSPS) is 21.8. The van der Waals surface area contributed by atoms with E-state index in [1.165, 1.54) is 13.0 Å². The maximum absolute atomic E-state index is 12.9. The fourth-order valence-corrected chi connectivity index (χ4v) is 3.68. The number of hydrogen-bond donors (Lipinski definition) is 0. The largest absolute Gasteiger partial charge is 0.495 e. The van der Waals surface area contributed by atoms with Crippen LogP contribution in [0, 0.1) is 17.3 Å². The number of hydrogen-bond acceptors (Lipinski definition) is 3. The SMILES string of the molecule is COc1cn(C2[CH]C2(C)C(C)(C)C)c(=O)cc1-c1cc(Cl)ccc1C(C)=O. The number of pyridine rings is 1. The Hall–Kier alpha value is -2.07. The van der Waals surface area contributed by atoms with Crippen molar-refractivity contribution >= 4 is 17.4 Å². The summed E-state index contributed by atoms with van der Waals surface area (Å²) in [5.74, 6) is 0.444. The highest BCUT2D eigenvalue weighted by Gasteiger charge is 2.59. The molecule has 5 heteroatoms. The zero-order valence-electron chi connectivity index (χ0n) is 16.6. The molecule has 1 radical (unpaired) electrons. The quantitative estimate of drug-likeness (QED) is 0.679. The molecule has 1 aliphatic carbocycles. The second-order valence-corrected chi connectivity index (χ2v) is 8.83. The molecule has 1 heterocycles. The molecule has 0 aliphatic heterocycles. The van der Waals surface area contributed by atoms with Gasteiger partial charge >= 0.3 is 0 Å². The van der Waals surface area contributed by atoms with Gasteiger partial charge in [0.15, 0.2) is 5.78 Å². The van der Waals surface area contributed by atoms with E-state index < -0.39 is 0 Å². The van der Waals surface area contributed by atoms with Crippen molar-refractivity contribution in [2.75, 3.05) is 7.11 Å². The van der Waals surface area contributed by atoms with Crippen LogP contribution in [0.3, 0.4) is 0 Å². The number of halogens is 1. The molecule has 1 saturated carbocycles. The van der Waals surface area contributed by atoms with Crippen molar-refractivity contribution in [1.29, 1.82) is 0 Å². The van der Waals surface area contributed by atoms with Crippen LogP contribution in [0.15, 0.2) is 35.3 Å². The topological polar surface area (TPSA) is 48.3 Å². The van der Waals surface area contributed by atoms with Crippen molar-refractivity contribution in [3.8, 4) is 16.9 Å². The van der Waals surface area contributed by atoms with E-state index in [9.17, 15) is 9.59 Å².